The average molecular weight is 197 g/mol. The van der Waals surface area contributed by atoms with Crippen molar-refractivity contribution in [2.75, 3.05) is 5.73 Å². The second-order valence-electron chi connectivity index (χ2n) is 2.50. The van der Waals surface area contributed by atoms with Gasteiger partial charge in [-0.1, -0.05) is 0 Å². The molecule has 1 heterocycles. The summed E-state index contributed by atoms with van der Waals surface area (Å²) in [5.41, 5.74) is 6.38. The summed E-state index contributed by atoms with van der Waals surface area (Å²) in [6, 6.07) is 3.55. The van der Waals surface area contributed by atoms with Gasteiger partial charge in [-0.3, -0.25) is 0 Å². The molecule has 1 aromatic carbocycles. The third kappa shape index (κ3) is 0.956. The van der Waals surface area contributed by atoms with Crippen LogP contribution in [-0.4, -0.2) is 5.11 Å². The van der Waals surface area contributed by atoms with Crippen molar-refractivity contribution < 1.29 is 5.11 Å². The summed E-state index contributed by atoms with van der Waals surface area (Å²) in [5.74, 6) is 0.220. The van der Waals surface area contributed by atoms with Crippen LogP contribution in [-0.2, 0) is 0 Å². The van der Waals surface area contributed by atoms with Gasteiger partial charge in [-0.15, -0.1) is 24.0 Å². The van der Waals surface area contributed by atoms with Gasteiger partial charge in [0.2, 0.25) is 0 Å². The van der Waals surface area contributed by atoms with Crippen LogP contribution in [0, 0.1) is 0 Å². The minimum Gasteiger partial charge on any atom is -0.505 e. The van der Waals surface area contributed by atoms with Crippen molar-refractivity contribution in [2.45, 2.75) is 4.90 Å². The second kappa shape index (κ2) is 2.57. The van der Waals surface area contributed by atoms with Gasteiger partial charge in [-0.25, -0.2) is 0 Å². The standard InChI is InChI=1S/C8H7NOS2/c9-5-3-6(11)7(10)8-4(5)1-2-12-8/h1-3,10-11H,9H2. The lowest BCUT2D eigenvalue weighted by molar-refractivity contribution is 0.470. The molecule has 0 fully saturated rings. The molecule has 0 unspecified atom stereocenters. The quantitative estimate of drug-likeness (QED) is 0.345. The van der Waals surface area contributed by atoms with E-state index in [9.17, 15) is 5.11 Å². The molecular formula is C8H7NOS2. The normalized spacial score (nSPS) is 10.8. The molecule has 0 spiro atoms. The molecule has 2 aromatic rings. The summed E-state index contributed by atoms with van der Waals surface area (Å²) in [7, 11) is 0. The Balaban J connectivity index is 2.97. The van der Waals surface area contributed by atoms with Gasteiger partial charge in [-0.05, 0) is 17.5 Å². The number of benzene rings is 1. The van der Waals surface area contributed by atoms with Crippen LogP contribution >= 0.6 is 24.0 Å². The summed E-state index contributed by atoms with van der Waals surface area (Å²) >= 11 is 5.56. The third-order valence-electron chi connectivity index (χ3n) is 1.73. The Morgan fingerprint density at radius 3 is 3.00 bits per heavy atom. The molecule has 0 aliphatic rings. The molecule has 12 heavy (non-hydrogen) atoms. The van der Waals surface area contributed by atoms with E-state index in [2.05, 4.69) is 12.6 Å². The molecule has 0 amide bonds. The third-order valence-corrected chi connectivity index (χ3v) is 2.99. The van der Waals surface area contributed by atoms with Crippen molar-refractivity contribution in [3.05, 3.63) is 17.5 Å². The van der Waals surface area contributed by atoms with Crippen LogP contribution in [0.2, 0.25) is 0 Å². The van der Waals surface area contributed by atoms with Crippen molar-refractivity contribution in [2.24, 2.45) is 0 Å². The SMILES string of the molecule is Nc1cc(S)c(O)c2sccc12. The lowest BCUT2D eigenvalue weighted by Gasteiger charge is -2.01. The van der Waals surface area contributed by atoms with Gasteiger partial charge in [0.25, 0.3) is 0 Å². The van der Waals surface area contributed by atoms with Gasteiger partial charge in [0.1, 0.15) is 5.75 Å². The van der Waals surface area contributed by atoms with Gasteiger partial charge in [0, 0.05) is 16.0 Å². The zero-order chi connectivity index (χ0) is 8.72. The number of nitrogens with two attached hydrogens (primary N) is 1. The van der Waals surface area contributed by atoms with Crippen LogP contribution < -0.4 is 5.73 Å². The molecule has 3 N–H and O–H groups in total. The predicted octanol–water partition coefficient (Wildman–Crippen LogP) is 2.48. The second-order valence-corrected chi connectivity index (χ2v) is 3.89. The van der Waals surface area contributed by atoms with Gasteiger partial charge < -0.3 is 10.8 Å². The molecule has 0 saturated heterocycles. The smallest absolute Gasteiger partial charge is 0.146 e. The molecule has 2 nitrogen and oxygen atoms in total. The van der Waals surface area contributed by atoms with E-state index >= 15 is 0 Å². The summed E-state index contributed by atoms with van der Waals surface area (Å²) in [6.45, 7) is 0. The Labute approximate surface area is 79.0 Å². The minimum absolute atomic E-state index is 0.220. The van der Waals surface area contributed by atoms with Crippen molar-refractivity contribution in [3.63, 3.8) is 0 Å². The Kier molecular flexibility index (Phi) is 1.66. The van der Waals surface area contributed by atoms with Crippen LogP contribution in [0.1, 0.15) is 0 Å². The van der Waals surface area contributed by atoms with Crippen molar-refractivity contribution in [3.8, 4) is 5.75 Å². The highest BCUT2D eigenvalue weighted by atomic mass is 32.1. The highest BCUT2D eigenvalue weighted by molar-refractivity contribution is 7.80. The lowest BCUT2D eigenvalue weighted by Crippen LogP contribution is -1.85. The maximum Gasteiger partial charge on any atom is 0.146 e. The number of hydrogen-bond donors (Lipinski definition) is 3. The van der Waals surface area contributed by atoms with Gasteiger partial charge in [0.15, 0.2) is 0 Å². The number of nitrogen functional groups attached to an aromatic ring is 1. The maximum absolute atomic E-state index is 9.55. The number of aromatic hydroxyl groups is 1. The number of rotatable bonds is 0. The van der Waals surface area contributed by atoms with E-state index in [1.807, 2.05) is 11.4 Å². The van der Waals surface area contributed by atoms with Crippen molar-refractivity contribution in [1.29, 1.82) is 0 Å². The molecule has 0 radical (unpaired) electrons. The highest BCUT2D eigenvalue weighted by Gasteiger charge is 2.07. The summed E-state index contributed by atoms with van der Waals surface area (Å²) in [4.78, 5) is 0.530. The molecule has 4 heteroatoms. The lowest BCUT2D eigenvalue weighted by atomic mass is 10.2. The average Bonchev–Trinajstić information content (AvgIpc) is 2.48. The fraction of sp³-hybridized carbons (Fsp3) is 0. The maximum atomic E-state index is 9.55. The summed E-state index contributed by atoms with van der Waals surface area (Å²) in [5, 5.41) is 12.3. The fourth-order valence-corrected chi connectivity index (χ4v) is 2.33. The molecule has 62 valence electrons. The van der Waals surface area contributed by atoms with Crippen LogP contribution in [0.15, 0.2) is 22.4 Å². The number of fused-ring (bicyclic) bond motifs is 1. The number of phenolic OH excluding ortho intramolecular Hbond substituents is 1. The highest BCUT2D eigenvalue weighted by Crippen LogP contribution is 2.38. The summed E-state index contributed by atoms with van der Waals surface area (Å²) < 4.78 is 0.806. The first-order chi connectivity index (χ1) is 5.70. The first-order valence-corrected chi connectivity index (χ1v) is 4.70. The van der Waals surface area contributed by atoms with Crippen LogP contribution in [0.25, 0.3) is 10.1 Å². The molecule has 0 aliphatic heterocycles. The van der Waals surface area contributed by atoms with Crippen molar-refractivity contribution >= 4 is 39.7 Å². The van der Waals surface area contributed by atoms with Crippen LogP contribution in [0.3, 0.4) is 0 Å². The van der Waals surface area contributed by atoms with Gasteiger partial charge in [-0.2, -0.15) is 0 Å². The van der Waals surface area contributed by atoms with E-state index in [0.717, 1.165) is 10.1 Å². The number of anilines is 1. The zero-order valence-electron chi connectivity index (χ0n) is 6.11. The number of hydrogen-bond acceptors (Lipinski definition) is 4. The topological polar surface area (TPSA) is 46.2 Å². The van der Waals surface area contributed by atoms with Gasteiger partial charge >= 0.3 is 0 Å². The van der Waals surface area contributed by atoms with E-state index in [1.54, 1.807) is 6.07 Å². The van der Waals surface area contributed by atoms with Gasteiger partial charge in [0.05, 0.1) is 4.70 Å². The van der Waals surface area contributed by atoms with E-state index in [0.29, 0.717) is 10.6 Å². The molecule has 2 rings (SSSR count). The first-order valence-electron chi connectivity index (χ1n) is 3.38. The number of thiophene rings is 1. The van der Waals surface area contributed by atoms with E-state index in [-0.39, 0.29) is 5.75 Å². The van der Waals surface area contributed by atoms with E-state index < -0.39 is 0 Å². The molecule has 0 atom stereocenters. The Hall–Kier alpha value is -0.870. The molecular weight excluding hydrogens is 190 g/mol. The van der Waals surface area contributed by atoms with E-state index in [1.165, 1.54) is 11.3 Å². The predicted molar refractivity (Wildman–Crippen MR) is 55.2 cm³/mol. The first kappa shape index (κ1) is 7.76. The molecule has 0 aliphatic carbocycles. The van der Waals surface area contributed by atoms with Crippen LogP contribution in [0.5, 0.6) is 5.75 Å². The largest absolute Gasteiger partial charge is 0.505 e. The minimum atomic E-state index is 0.220. The monoisotopic (exact) mass is 197 g/mol. The van der Waals surface area contributed by atoms with Crippen LogP contribution in [0.4, 0.5) is 5.69 Å². The Morgan fingerprint density at radius 2 is 2.25 bits per heavy atom. The summed E-state index contributed by atoms with van der Waals surface area (Å²) in [6.07, 6.45) is 0. The molecule has 1 aromatic heterocycles. The fourth-order valence-electron chi connectivity index (χ4n) is 1.13. The van der Waals surface area contributed by atoms with Crippen molar-refractivity contribution in [1.82, 2.24) is 0 Å². The number of thiol groups is 1. The molecule has 0 bridgehead atoms. The molecule has 0 saturated carbocycles. The zero-order valence-corrected chi connectivity index (χ0v) is 7.82. The Bertz CT molecular complexity index is 436. The van der Waals surface area contributed by atoms with E-state index in [4.69, 9.17) is 5.73 Å². The number of phenols is 1. The Morgan fingerprint density at radius 1 is 1.50 bits per heavy atom.